The third kappa shape index (κ3) is 6.15. The second kappa shape index (κ2) is 8.26. The van der Waals surface area contributed by atoms with Crippen molar-refractivity contribution in [3.05, 3.63) is 24.3 Å². The van der Waals surface area contributed by atoms with Crippen LogP contribution in [0, 0.1) is 11.3 Å². The summed E-state index contributed by atoms with van der Waals surface area (Å²) in [5.74, 6) is -3.16. The summed E-state index contributed by atoms with van der Waals surface area (Å²) in [5, 5.41) is 0. The zero-order valence-electron chi connectivity index (χ0n) is 14.9. The number of hydrogen-bond donors (Lipinski definition) is 2. The van der Waals surface area contributed by atoms with Gasteiger partial charge in [0.25, 0.3) is 0 Å². The molecule has 1 atom stereocenters. The van der Waals surface area contributed by atoms with Crippen molar-refractivity contribution in [3.8, 4) is 0 Å². The van der Waals surface area contributed by atoms with Crippen LogP contribution >= 0.6 is 0 Å². The summed E-state index contributed by atoms with van der Waals surface area (Å²) in [4.78, 5) is 23.9. The Morgan fingerprint density at radius 3 is 1.78 bits per heavy atom. The summed E-state index contributed by atoms with van der Waals surface area (Å²) >= 11 is 0. The number of ether oxygens (including phenoxy) is 2. The fourth-order valence-electron chi connectivity index (χ4n) is 2.15. The maximum atomic E-state index is 11.9. The zero-order valence-corrected chi connectivity index (χ0v) is 14.9. The fraction of sp³-hybridized carbons (Fsp3) is 0.647. The molecule has 0 amide bonds. The van der Waals surface area contributed by atoms with Crippen molar-refractivity contribution in [2.45, 2.75) is 53.4 Å². The van der Waals surface area contributed by atoms with Gasteiger partial charge in [-0.25, -0.2) is 9.59 Å². The van der Waals surface area contributed by atoms with Gasteiger partial charge in [0.05, 0.1) is 5.41 Å². The molecule has 0 aliphatic carbocycles. The number of nitrogens with two attached hydrogens (primary N) is 2. The average molecular weight is 326 g/mol. The number of esters is 2. The highest BCUT2D eigenvalue weighted by atomic mass is 16.7. The van der Waals surface area contributed by atoms with E-state index in [9.17, 15) is 9.59 Å². The second-order valence-electron chi connectivity index (χ2n) is 6.78. The molecular weight excluding hydrogens is 296 g/mol. The standard InChI is InChI=1S/C17H30N2O4/c1-11(2)14(20)22-17(19,23-15(21)12(3)4)16(6,7)10-13(5)8-9-18/h13H,1,3,8-10,18-19H2,2,4-7H3. The molecular formula is C17H30N2O4. The monoisotopic (exact) mass is 326 g/mol. The lowest BCUT2D eigenvalue weighted by atomic mass is 9.78. The highest BCUT2D eigenvalue weighted by Crippen LogP contribution is 2.39. The molecule has 0 aromatic heterocycles. The van der Waals surface area contributed by atoms with Crippen LogP contribution in [0.3, 0.4) is 0 Å². The average Bonchev–Trinajstić information content (AvgIpc) is 2.37. The van der Waals surface area contributed by atoms with Gasteiger partial charge in [-0.2, -0.15) is 0 Å². The first kappa shape index (κ1) is 21.3. The molecule has 0 aliphatic rings. The molecule has 1 unspecified atom stereocenters. The SMILES string of the molecule is C=C(C)C(=O)OC(N)(OC(=O)C(=C)C)C(C)(C)CC(C)CCN. The predicted octanol–water partition coefficient (Wildman–Crippen LogP) is 2.24. The maximum absolute atomic E-state index is 11.9. The Kier molecular flexibility index (Phi) is 7.67. The molecule has 0 saturated carbocycles. The van der Waals surface area contributed by atoms with Gasteiger partial charge in [-0.15, -0.1) is 0 Å². The Morgan fingerprint density at radius 1 is 1.09 bits per heavy atom. The third-order valence-corrected chi connectivity index (χ3v) is 3.65. The van der Waals surface area contributed by atoms with E-state index in [1.165, 1.54) is 13.8 Å². The minimum atomic E-state index is -1.93. The summed E-state index contributed by atoms with van der Waals surface area (Å²) in [7, 11) is 0. The first-order chi connectivity index (χ1) is 10.4. The molecule has 6 nitrogen and oxygen atoms in total. The van der Waals surface area contributed by atoms with E-state index < -0.39 is 23.3 Å². The Balaban J connectivity index is 5.53. The van der Waals surface area contributed by atoms with Crippen LogP contribution in [-0.2, 0) is 19.1 Å². The van der Waals surface area contributed by atoms with Crippen molar-refractivity contribution in [2.75, 3.05) is 6.54 Å². The molecule has 23 heavy (non-hydrogen) atoms. The van der Waals surface area contributed by atoms with Gasteiger partial charge in [-0.1, -0.05) is 33.9 Å². The van der Waals surface area contributed by atoms with E-state index in [1.807, 2.05) is 6.92 Å². The first-order valence-electron chi connectivity index (χ1n) is 7.63. The zero-order chi connectivity index (χ0) is 18.4. The van der Waals surface area contributed by atoms with Crippen LogP contribution in [-0.4, -0.2) is 24.4 Å². The van der Waals surface area contributed by atoms with E-state index in [2.05, 4.69) is 13.2 Å². The fourth-order valence-corrected chi connectivity index (χ4v) is 2.15. The Labute approximate surface area is 138 Å². The Morgan fingerprint density at radius 2 is 1.48 bits per heavy atom. The van der Waals surface area contributed by atoms with Crippen molar-refractivity contribution in [1.29, 1.82) is 0 Å². The summed E-state index contributed by atoms with van der Waals surface area (Å²) in [6, 6.07) is 0. The number of carbonyl (C=O) groups excluding carboxylic acids is 2. The molecule has 0 bridgehead atoms. The van der Waals surface area contributed by atoms with Crippen LogP contribution in [0.25, 0.3) is 0 Å². The van der Waals surface area contributed by atoms with Gasteiger partial charge in [-0.05, 0) is 39.2 Å². The molecule has 4 N–H and O–H groups in total. The van der Waals surface area contributed by atoms with Gasteiger partial charge in [0, 0.05) is 11.1 Å². The van der Waals surface area contributed by atoms with Crippen LogP contribution in [0.5, 0.6) is 0 Å². The molecule has 0 saturated heterocycles. The lowest BCUT2D eigenvalue weighted by Crippen LogP contribution is -2.59. The van der Waals surface area contributed by atoms with Gasteiger partial charge in [0.15, 0.2) is 0 Å². The molecule has 0 radical (unpaired) electrons. The molecule has 6 heteroatoms. The van der Waals surface area contributed by atoms with Gasteiger partial charge in [0.1, 0.15) is 0 Å². The molecule has 0 fully saturated rings. The van der Waals surface area contributed by atoms with Crippen molar-refractivity contribution in [1.82, 2.24) is 0 Å². The number of carbonyl (C=O) groups is 2. The largest absolute Gasteiger partial charge is 0.405 e. The van der Waals surface area contributed by atoms with E-state index in [1.54, 1.807) is 13.8 Å². The van der Waals surface area contributed by atoms with Crippen molar-refractivity contribution < 1.29 is 19.1 Å². The van der Waals surface area contributed by atoms with E-state index in [0.717, 1.165) is 6.42 Å². The van der Waals surface area contributed by atoms with E-state index in [4.69, 9.17) is 20.9 Å². The molecule has 0 aromatic rings. The molecule has 0 heterocycles. The van der Waals surface area contributed by atoms with Crippen LogP contribution in [0.1, 0.15) is 47.5 Å². The van der Waals surface area contributed by atoms with Crippen LogP contribution in [0.15, 0.2) is 24.3 Å². The highest BCUT2D eigenvalue weighted by Gasteiger charge is 2.50. The third-order valence-electron chi connectivity index (χ3n) is 3.65. The topological polar surface area (TPSA) is 105 Å². The van der Waals surface area contributed by atoms with E-state index in [0.29, 0.717) is 13.0 Å². The molecule has 0 aromatic carbocycles. The predicted molar refractivity (Wildman–Crippen MR) is 90.0 cm³/mol. The summed E-state index contributed by atoms with van der Waals surface area (Å²) < 4.78 is 10.6. The quantitative estimate of drug-likeness (QED) is 0.382. The normalized spacial score (nSPS) is 13.2. The molecule has 0 rings (SSSR count). The van der Waals surface area contributed by atoms with Gasteiger partial charge in [-0.3, -0.25) is 5.73 Å². The number of rotatable bonds is 9. The summed E-state index contributed by atoms with van der Waals surface area (Å²) in [6.45, 7) is 16.1. The van der Waals surface area contributed by atoms with Gasteiger partial charge < -0.3 is 15.2 Å². The molecule has 0 aliphatic heterocycles. The maximum Gasteiger partial charge on any atom is 0.337 e. The van der Waals surface area contributed by atoms with Crippen molar-refractivity contribution in [3.63, 3.8) is 0 Å². The smallest absolute Gasteiger partial charge is 0.337 e. The van der Waals surface area contributed by atoms with Crippen molar-refractivity contribution >= 4 is 11.9 Å². The van der Waals surface area contributed by atoms with Crippen LogP contribution in [0.2, 0.25) is 0 Å². The van der Waals surface area contributed by atoms with E-state index in [-0.39, 0.29) is 17.1 Å². The first-order valence-corrected chi connectivity index (χ1v) is 7.63. The lowest BCUT2D eigenvalue weighted by molar-refractivity contribution is -0.264. The van der Waals surface area contributed by atoms with Crippen LogP contribution < -0.4 is 11.5 Å². The molecule has 132 valence electrons. The van der Waals surface area contributed by atoms with Gasteiger partial charge in [0.2, 0.25) is 0 Å². The second-order valence-corrected chi connectivity index (χ2v) is 6.78. The lowest BCUT2D eigenvalue weighted by Gasteiger charge is -2.42. The minimum Gasteiger partial charge on any atom is -0.405 e. The van der Waals surface area contributed by atoms with E-state index >= 15 is 0 Å². The van der Waals surface area contributed by atoms with Gasteiger partial charge >= 0.3 is 17.8 Å². The van der Waals surface area contributed by atoms with Crippen molar-refractivity contribution in [2.24, 2.45) is 22.8 Å². The van der Waals surface area contributed by atoms with Crippen LogP contribution in [0.4, 0.5) is 0 Å². The molecule has 0 spiro atoms. The highest BCUT2D eigenvalue weighted by molar-refractivity contribution is 5.89. The number of hydrogen-bond acceptors (Lipinski definition) is 6. The minimum absolute atomic E-state index is 0.164. The Hall–Kier alpha value is -1.66. The summed E-state index contributed by atoms with van der Waals surface area (Å²) in [6.07, 6.45) is 1.33. The summed E-state index contributed by atoms with van der Waals surface area (Å²) in [5.41, 5.74) is 11.3. The Bertz CT molecular complexity index is 455.